The van der Waals surface area contributed by atoms with E-state index < -0.39 is 0 Å². The first-order valence-electron chi connectivity index (χ1n) is 11.4. The molecule has 0 spiro atoms. The van der Waals surface area contributed by atoms with Crippen molar-refractivity contribution in [3.05, 3.63) is 12.2 Å². The van der Waals surface area contributed by atoms with Gasteiger partial charge < -0.3 is 0 Å². The molecule has 142 valence electrons. The third-order valence-electron chi connectivity index (χ3n) is 7.00. The van der Waals surface area contributed by atoms with Crippen molar-refractivity contribution in [1.82, 2.24) is 0 Å². The Morgan fingerprint density at radius 3 is 1.80 bits per heavy atom. The van der Waals surface area contributed by atoms with E-state index in [0.717, 1.165) is 17.8 Å². The van der Waals surface area contributed by atoms with E-state index in [1.165, 1.54) is 103 Å². The minimum atomic E-state index is 0.684. The van der Waals surface area contributed by atoms with Crippen LogP contribution < -0.4 is 0 Å². The molecule has 25 heavy (non-hydrogen) atoms. The molecule has 0 N–H and O–H groups in total. The molecule has 2 aliphatic rings. The molecule has 1 nitrogen and oxygen atoms in total. The Morgan fingerprint density at radius 2 is 1.24 bits per heavy atom. The molecule has 0 aliphatic heterocycles. The SMILES string of the molecule is CCCCCCCC1CCC(CCC2CCC(/C=C/C#N)CC2)CC1. The van der Waals surface area contributed by atoms with Gasteiger partial charge in [-0.1, -0.05) is 90.0 Å². The molecular formula is C24H41N. The van der Waals surface area contributed by atoms with Crippen molar-refractivity contribution in [3.8, 4) is 6.07 Å². The molecule has 0 atom stereocenters. The summed E-state index contributed by atoms with van der Waals surface area (Å²) in [6.45, 7) is 2.30. The van der Waals surface area contributed by atoms with Crippen LogP contribution in [0.25, 0.3) is 0 Å². The predicted molar refractivity (Wildman–Crippen MR) is 108 cm³/mol. The Kier molecular flexibility index (Phi) is 10.3. The molecule has 0 heterocycles. The van der Waals surface area contributed by atoms with Gasteiger partial charge in [-0.2, -0.15) is 5.26 Å². The summed E-state index contributed by atoms with van der Waals surface area (Å²) in [5, 5.41) is 8.64. The zero-order valence-electron chi connectivity index (χ0n) is 16.7. The largest absolute Gasteiger partial charge is 0.193 e. The lowest BCUT2D eigenvalue weighted by Crippen LogP contribution is -2.17. The van der Waals surface area contributed by atoms with Crippen molar-refractivity contribution in [1.29, 1.82) is 5.26 Å². The molecule has 2 fully saturated rings. The number of hydrogen-bond acceptors (Lipinski definition) is 1. The van der Waals surface area contributed by atoms with Gasteiger partial charge in [-0.3, -0.25) is 0 Å². The summed E-state index contributed by atoms with van der Waals surface area (Å²) in [4.78, 5) is 0. The third kappa shape index (κ3) is 8.44. The van der Waals surface area contributed by atoms with Crippen molar-refractivity contribution in [2.45, 2.75) is 110 Å². The molecule has 2 saturated carbocycles. The first-order valence-corrected chi connectivity index (χ1v) is 11.4. The summed E-state index contributed by atoms with van der Waals surface area (Å²) >= 11 is 0. The molecule has 0 aromatic heterocycles. The molecule has 2 rings (SSSR count). The highest BCUT2D eigenvalue weighted by molar-refractivity contribution is 5.04. The fraction of sp³-hybridized carbons (Fsp3) is 0.875. The summed E-state index contributed by atoms with van der Waals surface area (Å²) in [5.74, 6) is 3.75. The number of rotatable bonds is 10. The molecule has 0 radical (unpaired) electrons. The van der Waals surface area contributed by atoms with Gasteiger partial charge in [0.1, 0.15) is 0 Å². The number of unbranched alkanes of at least 4 members (excludes halogenated alkanes) is 4. The Labute approximate surface area is 157 Å². The molecule has 0 bridgehead atoms. The van der Waals surface area contributed by atoms with Crippen molar-refractivity contribution in [3.63, 3.8) is 0 Å². The van der Waals surface area contributed by atoms with E-state index in [1.807, 2.05) is 0 Å². The quantitative estimate of drug-likeness (QED) is 0.293. The van der Waals surface area contributed by atoms with Gasteiger partial charge in [0.2, 0.25) is 0 Å². The second-order valence-electron chi connectivity index (χ2n) is 8.94. The lowest BCUT2D eigenvalue weighted by molar-refractivity contribution is 0.219. The van der Waals surface area contributed by atoms with Crippen LogP contribution in [0, 0.1) is 35.0 Å². The predicted octanol–water partition coefficient (Wildman–Crippen LogP) is 7.82. The first kappa shape index (κ1) is 20.5. The average molecular weight is 344 g/mol. The van der Waals surface area contributed by atoms with Gasteiger partial charge in [-0.25, -0.2) is 0 Å². The Hall–Kier alpha value is -0.770. The van der Waals surface area contributed by atoms with Crippen molar-refractivity contribution in [2.75, 3.05) is 0 Å². The lowest BCUT2D eigenvalue weighted by Gasteiger charge is -2.31. The zero-order chi connectivity index (χ0) is 17.7. The van der Waals surface area contributed by atoms with Crippen LogP contribution in [0.4, 0.5) is 0 Å². The summed E-state index contributed by atoms with van der Waals surface area (Å²) in [7, 11) is 0. The normalized spacial score (nSPS) is 30.4. The first-order chi connectivity index (χ1) is 12.3. The topological polar surface area (TPSA) is 23.8 Å². The smallest absolute Gasteiger partial charge is 0.0908 e. The minimum Gasteiger partial charge on any atom is -0.193 e. The molecule has 1 heteroatoms. The molecule has 0 unspecified atom stereocenters. The standard InChI is InChI=1S/C24H41N/c1-2-3-4-5-6-8-21-10-14-23(15-11-21)18-19-24-16-12-22(13-17-24)9-7-20-25/h7,9,21-24H,2-6,8,10-19H2,1H3/b9-7+. The van der Waals surface area contributed by atoms with Crippen LogP contribution in [0.15, 0.2) is 12.2 Å². The van der Waals surface area contributed by atoms with Gasteiger partial charge >= 0.3 is 0 Å². The highest BCUT2D eigenvalue weighted by Gasteiger charge is 2.24. The third-order valence-corrected chi connectivity index (χ3v) is 7.00. The molecule has 2 aliphatic carbocycles. The number of hydrogen-bond donors (Lipinski definition) is 0. The summed E-state index contributed by atoms with van der Waals surface area (Å²) < 4.78 is 0. The fourth-order valence-corrected chi connectivity index (χ4v) is 5.17. The van der Waals surface area contributed by atoms with Crippen LogP contribution in [-0.2, 0) is 0 Å². The van der Waals surface area contributed by atoms with E-state index in [2.05, 4.69) is 19.1 Å². The van der Waals surface area contributed by atoms with Crippen molar-refractivity contribution in [2.24, 2.45) is 23.7 Å². The Balaban J connectivity index is 1.50. The summed E-state index contributed by atoms with van der Waals surface area (Å²) in [6, 6.07) is 2.14. The second kappa shape index (κ2) is 12.6. The summed E-state index contributed by atoms with van der Waals surface area (Å²) in [5.41, 5.74) is 0. The van der Waals surface area contributed by atoms with Crippen molar-refractivity contribution >= 4 is 0 Å². The van der Waals surface area contributed by atoms with Gasteiger partial charge in [0.15, 0.2) is 0 Å². The van der Waals surface area contributed by atoms with Gasteiger partial charge in [0.25, 0.3) is 0 Å². The van der Waals surface area contributed by atoms with Crippen LogP contribution in [0.1, 0.15) is 110 Å². The maximum atomic E-state index is 8.64. The number of nitrogens with zero attached hydrogens (tertiary/aromatic N) is 1. The highest BCUT2D eigenvalue weighted by atomic mass is 14.3. The van der Waals surface area contributed by atoms with E-state index in [4.69, 9.17) is 5.26 Å². The highest BCUT2D eigenvalue weighted by Crippen LogP contribution is 2.38. The van der Waals surface area contributed by atoms with Gasteiger partial charge in [0.05, 0.1) is 6.07 Å². The van der Waals surface area contributed by atoms with E-state index in [0.29, 0.717) is 5.92 Å². The Bertz CT molecular complexity index is 389. The van der Waals surface area contributed by atoms with E-state index >= 15 is 0 Å². The van der Waals surface area contributed by atoms with E-state index in [9.17, 15) is 0 Å². The van der Waals surface area contributed by atoms with Crippen LogP contribution in [0.3, 0.4) is 0 Å². The summed E-state index contributed by atoms with van der Waals surface area (Å²) in [6.07, 6.45) is 27.0. The van der Waals surface area contributed by atoms with Gasteiger partial charge in [0, 0.05) is 6.08 Å². The molecule has 0 aromatic carbocycles. The van der Waals surface area contributed by atoms with Crippen LogP contribution in [-0.4, -0.2) is 0 Å². The monoisotopic (exact) mass is 343 g/mol. The molecular weight excluding hydrogens is 302 g/mol. The zero-order valence-corrected chi connectivity index (χ0v) is 16.7. The van der Waals surface area contributed by atoms with E-state index in [1.54, 1.807) is 6.08 Å². The molecule has 0 saturated heterocycles. The molecule has 0 amide bonds. The van der Waals surface area contributed by atoms with Crippen LogP contribution in [0.5, 0.6) is 0 Å². The second-order valence-corrected chi connectivity index (χ2v) is 8.94. The van der Waals surface area contributed by atoms with Gasteiger partial charge in [-0.05, 0) is 49.4 Å². The maximum Gasteiger partial charge on any atom is 0.0908 e. The van der Waals surface area contributed by atoms with Crippen LogP contribution in [0.2, 0.25) is 0 Å². The maximum absolute atomic E-state index is 8.64. The lowest BCUT2D eigenvalue weighted by atomic mass is 9.75. The minimum absolute atomic E-state index is 0.684. The van der Waals surface area contributed by atoms with Crippen LogP contribution >= 0.6 is 0 Å². The fourth-order valence-electron chi connectivity index (χ4n) is 5.17. The van der Waals surface area contributed by atoms with Gasteiger partial charge in [-0.15, -0.1) is 0 Å². The average Bonchev–Trinajstić information content (AvgIpc) is 2.66. The van der Waals surface area contributed by atoms with Crippen molar-refractivity contribution < 1.29 is 0 Å². The Morgan fingerprint density at radius 1 is 0.720 bits per heavy atom. The number of nitriles is 1. The van der Waals surface area contributed by atoms with E-state index in [-0.39, 0.29) is 0 Å². The molecule has 0 aromatic rings. The number of allylic oxidation sites excluding steroid dienone is 2.